The van der Waals surface area contributed by atoms with Crippen LogP contribution in [0.5, 0.6) is 17.2 Å². The summed E-state index contributed by atoms with van der Waals surface area (Å²) in [6.45, 7) is 6.43. The number of thioether (sulfide) groups is 1. The predicted octanol–water partition coefficient (Wildman–Crippen LogP) is 4.82. The number of carbonyl (C=O) groups is 2. The molecule has 0 spiro atoms. The number of thiocarbonyl (C=S) groups is 1. The summed E-state index contributed by atoms with van der Waals surface area (Å²) in [6.07, 6.45) is 2.65. The van der Waals surface area contributed by atoms with Gasteiger partial charge in [-0.25, -0.2) is 0 Å². The van der Waals surface area contributed by atoms with Gasteiger partial charge in [0, 0.05) is 5.56 Å². The highest BCUT2D eigenvalue weighted by atomic mass is 32.2. The van der Waals surface area contributed by atoms with E-state index in [1.807, 2.05) is 32.0 Å². The van der Waals surface area contributed by atoms with Crippen LogP contribution in [-0.2, 0) is 4.79 Å². The molecule has 2 aromatic carbocycles. The SMILES string of the molecule is CCOc1cc(/C=C2\SC(=S)N(NC(=O)c3ccc(OC)cc3)C2=O)ccc1OC(C)CC. The molecule has 1 unspecified atom stereocenters. The van der Waals surface area contributed by atoms with Crippen molar-refractivity contribution in [2.24, 2.45) is 0 Å². The number of ether oxygens (including phenoxy) is 3. The molecule has 7 nitrogen and oxygen atoms in total. The fourth-order valence-electron chi connectivity index (χ4n) is 2.90. The molecule has 0 aromatic heterocycles. The number of methoxy groups -OCH3 is 1. The number of hydrazine groups is 1. The number of hydrogen-bond donors (Lipinski definition) is 1. The van der Waals surface area contributed by atoms with Crippen LogP contribution in [0.2, 0.25) is 0 Å². The van der Waals surface area contributed by atoms with E-state index in [9.17, 15) is 9.59 Å². The Balaban J connectivity index is 1.76. The lowest BCUT2D eigenvalue weighted by Gasteiger charge is -2.17. The first-order chi connectivity index (χ1) is 15.9. The molecule has 2 aromatic rings. The summed E-state index contributed by atoms with van der Waals surface area (Å²) < 4.78 is 17.0. The van der Waals surface area contributed by atoms with E-state index in [0.717, 1.165) is 28.8 Å². The predicted molar refractivity (Wildman–Crippen MR) is 133 cm³/mol. The summed E-state index contributed by atoms with van der Waals surface area (Å²) >= 11 is 6.44. The minimum absolute atomic E-state index is 0.0561. The van der Waals surface area contributed by atoms with Crippen LogP contribution in [0.4, 0.5) is 0 Å². The second kappa shape index (κ2) is 11.2. The molecule has 0 radical (unpaired) electrons. The molecule has 9 heteroatoms. The molecule has 0 bridgehead atoms. The molecule has 1 saturated heterocycles. The van der Waals surface area contributed by atoms with Gasteiger partial charge in [-0.1, -0.05) is 24.8 Å². The number of nitrogens with one attached hydrogen (secondary N) is 1. The quantitative estimate of drug-likeness (QED) is 0.402. The third kappa shape index (κ3) is 6.06. The van der Waals surface area contributed by atoms with E-state index in [0.29, 0.717) is 34.3 Å². The molecule has 1 aliphatic heterocycles. The first-order valence-corrected chi connectivity index (χ1v) is 11.7. The van der Waals surface area contributed by atoms with E-state index in [2.05, 4.69) is 12.3 Å². The average Bonchev–Trinajstić information content (AvgIpc) is 3.08. The van der Waals surface area contributed by atoms with Crippen molar-refractivity contribution >= 4 is 46.2 Å². The normalized spacial score (nSPS) is 15.5. The second-order valence-electron chi connectivity index (χ2n) is 7.16. The Bertz CT molecular complexity index is 1070. The summed E-state index contributed by atoms with van der Waals surface area (Å²) in [6, 6.07) is 12.1. The molecule has 174 valence electrons. The smallest absolute Gasteiger partial charge is 0.285 e. The maximum absolute atomic E-state index is 12.9. The van der Waals surface area contributed by atoms with Crippen molar-refractivity contribution in [2.75, 3.05) is 13.7 Å². The first-order valence-electron chi connectivity index (χ1n) is 10.5. The molecule has 1 fully saturated rings. The fourth-order valence-corrected chi connectivity index (χ4v) is 4.08. The molecule has 1 heterocycles. The van der Waals surface area contributed by atoms with Gasteiger partial charge < -0.3 is 14.2 Å². The van der Waals surface area contributed by atoms with Gasteiger partial charge in [0.1, 0.15) is 5.75 Å². The summed E-state index contributed by atoms with van der Waals surface area (Å²) in [7, 11) is 1.55. The molecule has 0 aliphatic carbocycles. The number of amides is 2. The van der Waals surface area contributed by atoms with Crippen LogP contribution in [0, 0.1) is 0 Å². The third-order valence-corrected chi connectivity index (χ3v) is 6.13. The molecular formula is C24H26N2O5S2. The van der Waals surface area contributed by atoms with Gasteiger partial charge in [-0.3, -0.25) is 15.0 Å². The van der Waals surface area contributed by atoms with Crippen molar-refractivity contribution in [1.82, 2.24) is 10.4 Å². The Labute approximate surface area is 203 Å². The van der Waals surface area contributed by atoms with E-state index < -0.39 is 11.8 Å². The lowest BCUT2D eigenvalue weighted by atomic mass is 10.1. The molecule has 3 rings (SSSR count). The van der Waals surface area contributed by atoms with E-state index in [1.165, 1.54) is 0 Å². The summed E-state index contributed by atoms with van der Waals surface area (Å²) in [5.41, 5.74) is 3.72. The molecular weight excluding hydrogens is 460 g/mol. The zero-order valence-electron chi connectivity index (χ0n) is 18.9. The van der Waals surface area contributed by atoms with Crippen LogP contribution in [0.25, 0.3) is 6.08 Å². The molecule has 1 aliphatic rings. The summed E-state index contributed by atoms with van der Waals surface area (Å²) in [5.74, 6) is 1.05. The minimum atomic E-state index is -0.444. The molecule has 1 atom stereocenters. The maximum atomic E-state index is 12.9. The molecule has 1 N–H and O–H groups in total. The highest BCUT2D eigenvalue weighted by molar-refractivity contribution is 8.26. The van der Waals surface area contributed by atoms with Gasteiger partial charge in [0.05, 0.1) is 24.7 Å². The maximum Gasteiger partial charge on any atom is 0.285 e. The number of nitrogens with zero attached hydrogens (tertiary/aromatic N) is 1. The van der Waals surface area contributed by atoms with Gasteiger partial charge >= 0.3 is 0 Å². The number of rotatable bonds is 9. The van der Waals surface area contributed by atoms with E-state index >= 15 is 0 Å². The van der Waals surface area contributed by atoms with Crippen LogP contribution < -0.4 is 19.6 Å². The van der Waals surface area contributed by atoms with Crippen LogP contribution in [-0.4, -0.2) is 41.0 Å². The number of hydrogen-bond acceptors (Lipinski definition) is 7. The van der Waals surface area contributed by atoms with Crippen molar-refractivity contribution in [1.29, 1.82) is 0 Å². The van der Waals surface area contributed by atoms with E-state index in [-0.39, 0.29) is 10.4 Å². The van der Waals surface area contributed by atoms with E-state index in [1.54, 1.807) is 37.5 Å². The summed E-state index contributed by atoms with van der Waals surface area (Å²) in [5, 5.41) is 1.09. The van der Waals surface area contributed by atoms with Crippen molar-refractivity contribution in [3.05, 3.63) is 58.5 Å². The standard InChI is InChI=1S/C24H26N2O5S2/c1-5-15(3)31-19-12-7-16(13-20(19)30-6-2)14-21-23(28)26(24(32)33-21)25-22(27)17-8-10-18(29-4)11-9-17/h7-15H,5-6H2,1-4H3,(H,25,27)/b21-14-. The van der Waals surface area contributed by atoms with Crippen molar-refractivity contribution in [2.45, 2.75) is 33.3 Å². The second-order valence-corrected chi connectivity index (χ2v) is 8.84. The van der Waals surface area contributed by atoms with Gasteiger partial charge in [0.25, 0.3) is 11.8 Å². The van der Waals surface area contributed by atoms with Crippen molar-refractivity contribution in [3.63, 3.8) is 0 Å². The van der Waals surface area contributed by atoms with Crippen molar-refractivity contribution in [3.8, 4) is 17.2 Å². The first kappa shape index (κ1) is 24.6. The number of benzene rings is 2. The molecule has 2 amide bonds. The van der Waals surface area contributed by atoms with Crippen LogP contribution >= 0.6 is 24.0 Å². The van der Waals surface area contributed by atoms with Gasteiger partial charge in [0.2, 0.25) is 0 Å². The Kier molecular flexibility index (Phi) is 8.35. The highest BCUT2D eigenvalue weighted by Gasteiger charge is 2.33. The third-order valence-electron chi connectivity index (χ3n) is 4.83. The van der Waals surface area contributed by atoms with Crippen LogP contribution in [0.3, 0.4) is 0 Å². The lowest BCUT2D eigenvalue weighted by Crippen LogP contribution is -2.44. The van der Waals surface area contributed by atoms with Gasteiger partial charge in [-0.2, -0.15) is 5.01 Å². The van der Waals surface area contributed by atoms with Gasteiger partial charge in [0.15, 0.2) is 15.8 Å². The minimum Gasteiger partial charge on any atom is -0.497 e. The van der Waals surface area contributed by atoms with E-state index in [4.69, 9.17) is 26.4 Å². The van der Waals surface area contributed by atoms with Crippen LogP contribution in [0.15, 0.2) is 47.4 Å². The Morgan fingerprint density at radius 2 is 1.91 bits per heavy atom. The molecule has 0 saturated carbocycles. The lowest BCUT2D eigenvalue weighted by molar-refractivity contribution is -0.123. The Morgan fingerprint density at radius 3 is 2.55 bits per heavy atom. The van der Waals surface area contributed by atoms with Gasteiger partial charge in [-0.15, -0.1) is 0 Å². The monoisotopic (exact) mass is 486 g/mol. The van der Waals surface area contributed by atoms with Gasteiger partial charge in [-0.05, 0) is 80.5 Å². The fraction of sp³-hybridized carbons (Fsp3) is 0.292. The van der Waals surface area contributed by atoms with Crippen molar-refractivity contribution < 1.29 is 23.8 Å². The number of carbonyl (C=O) groups excluding carboxylic acids is 2. The largest absolute Gasteiger partial charge is 0.497 e. The highest BCUT2D eigenvalue weighted by Crippen LogP contribution is 2.34. The molecule has 33 heavy (non-hydrogen) atoms. The Morgan fingerprint density at radius 1 is 1.18 bits per heavy atom. The summed E-state index contributed by atoms with van der Waals surface area (Å²) in [4.78, 5) is 25.9. The zero-order chi connectivity index (χ0) is 24.0. The zero-order valence-corrected chi connectivity index (χ0v) is 20.5. The Hall–Kier alpha value is -3.04. The van der Waals surface area contributed by atoms with Crippen LogP contribution in [0.1, 0.15) is 43.1 Å². The average molecular weight is 487 g/mol. The topological polar surface area (TPSA) is 77.1 Å².